The van der Waals surface area contributed by atoms with Gasteiger partial charge in [-0.05, 0) is 38.5 Å². The lowest BCUT2D eigenvalue weighted by atomic mass is 10.2. The molecule has 1 atom stereocenters. The van der Waals surface area contributed by atoms with Crippen molar-refractivity contribution >= 4 is 11.8 Å². The van der Waals surface area contributed by atoms with Crippen LogP contribution in [0, 0.1) is 13.8 Å². The molecule has 0 aliphatic rings. The van der Waals surface area contributed by atoms with E-state index in [-0.39, 0.29) is 6.10 Å². The molecule has 0 amide bonds. The lowest BCUT2D eigenvalue weighted by Crippen LogP contribution is -2.16. The molecule has 2 rings (SSSR count). The molecular weight excluding hydrogens is 268 g/mol. The van der Waals surface area contributed by atoms with Crippen molar-refractivity contribution in [3.8, 4) is 0 Å². The van der Waals surface area contributed by atoms with Gasteiger partial charge in [0, 0.05) is 29.3 Å². The molecule has 0 fully saturated rings. The fourth-order valence-electron chi connectivity index (χ4n) is 2.24. The Bertz CT molecular complexity index is 565. The van der Waals surface area contributed by atoms with Crippen molar-refractivity contribution in [3.05, 3.63) is 47.3 Å². The standard InChI is InChI=1S/C16H22N2OS/c1-4-18-14(9-13(3)17-18)10-15(19)11-20-16-8-6-5-7-12(16)2/h5-9,15,19H,4,10-11H2,1-3H3. The fourth-order valence-corrected chi connectivity index (χ4v) is 3.20. The lowest BCUT2D eigenvalue weighted by Gasteiger charge is -2.12. The molecule has 0 aliphatic heterocycles. The maximum absolute atomic E-state index is 10.2. The first kappa shape index (κ1) is 15.1. The van der Waals surface area contributed by atoms with Gasteiger partial charge in [0.2, 0.25) is 0 Å². The summed E-state index contributed by atoms with van der Waals surface area (Å²) in [5.41, 5.74) is 3.39. The Kier molecular flexibility index (Phi) is 5.26. The molecule has 0 saturated carbocycles. The Morgan fingerprint density at radius 1 is 1.30 bits per heavy atom. The van der Waals surface area contributed by atoms with E-state index in [1.807, 2.05) is 23.7 Å². The van der Waals surface area contributed by atoms with Gasteiger partial charge in [0.25, 0.3) is 0 Å². The maximum atomic E-state index is 10.2. The number of aliphatic hydroxyl groups is 1. The predicted octanol–water partition coefficient (Wildman–Crippen LogP) is 3.22. The number of rotatable bonds is 6. The highest BCUT2D eigenvalue weighted by Crippen LogP contribution is 2.23. The van der Waals surface area contributed by atoms with Gasteiger partial charge in [-0.2, -0.15) is 5.10 Å². The first-order chi connectivity index (χ1) is 9.60. The highest BCUT2D eigenvalue weighted by Gasteiger charge is 2.11. The van der Waals surface area contributed by atoms with Gasteiger partial charge in [-0.15, -0.1) is 11.8 Å². The van der Waals surface area contributed by atoms with E-state index in [4.69, 9.17) is 0 Å². The topological polar surface area (TPSA) is 38.0 Å². The van der Waals surface area contributed by atoms with Crippen molar-refractivity contribution in [1.29, 1.82) is 0 Å². The van der Waals surface area contributed by atoms with E-state index in [2.05, 4.69) is 37.1 Å². The Morgan fingerprint density at radius 2 is 2.05 bits per heavy atom. The zero-order chi connectivity index (χ0) is 14.5. The lowest BCUT2D eigenvalue weighted by molar-refractivity contribution is 0.197. The van der Waals surface area contributed by atoms with Crippen LogP contribution in [-0.2, 0) is 13.0 Å². The molecule has 3 nitrogen and oxygen atoms in total. The van der Waals surface area contributed by atoms with Crippen molar-refractivity contribution < 1.29 is 5.11 Å². The molecule has 0 bridgehead atoms. The molecule has 0 saturated heterocycles. The van der Waals surface area contributed by atoms with Gasteiger partial charge >= 0.3 is 0 Å². The summed E-state index contributed by atoms with van der Waals surface area (Å²) in [5.74, 6) is 0.707. The minimum atomic E-state index is -0.346. The molecule has 1 aromatic carbocycles. The number of benzene rings is 1. The highest BCUT2D eigenvalue weighted by atomic mass is 32.2. The second kappa shape index (κ2) is 6.95. The van der Waals surface area contributed by atoms with E-state index in [1.54, 1.807) is 11.8 Å². The average Bonchev–Trinajstić information content (AvgIpc) is 2.78. The third-order valence-corrected chi connectivity index (χ3v) is 4.58. The highest BCUT2D eigenvalue weighted by molar-refractivity contribution is 7.99. The summed E-state index contributed by atoms with van der Waals surface area (Å²) in [6.07, 6.45) is 0.314. The molecule has 4 heteroatoms. The van der Waals surface area contributed by atoms with Crippen LogP contribution in [0.15, 0.2) is 35.2 Å². The average molecular weight is 290 g/mol. The molecule has 108 valence electrons. The van der Waals surface area contributed by atoms with E-state index in [0.717, 1.165) is 17.9 Å². The van der Waals surface area contributed by atoms with Gasteiger partial charge in [0.15, 0.2) is 0 Å². The van der Waals surface area contributed by atoms with Crippen LogP contribution in [0.5, 0.6) is 0 Å². The van der Waals surface area contributed by atoms with Crippen molar-refractivity contribution in [2.45, 2.75) is 44.7 Å². The van der Waals surface area contributed by atoms with Crippen molar-refractivity contribution in [3.63, 3.8) is 0 Å². The number of aliphatic hydroxyl groups excluding tert-OH is 1. The Hall–Kier alpha value is -1.26. The first-order valence-corrected chi connectivity index (χ1v) is 7.98. The summed E-state index contributed by atoms with van der Waals surface area (Å²) >= 11 is 1.71. The van der Waals surface area contributed by atoms with Crippen LogP contribution in [0.3, 0.4) is 0 Å². The molecule has 1 N–H and O–H groups in total. The minimum absolute atomic E-state index is 0.346. The van der Waals surface area contributed by atoms with Crippen molar-refractivity contribution in [2.75, 3.05) is 5.75 Å². The molecule has 1 unspecified atom stereocenters. The number of aromatic nitrogens is 2. The summed E-state index contributed by atoms with van der Waals surface area (Å²) in [4.78, 5) is 1.24. The maximum Gasteiger partial charge on any atom is 0.0689 e. The van der Waals surface area contributed by atoms with E-state index >= 15 is 0 Å². The number of aryl methyl sites for hydroxylation is 3. The van der Waals surface area contributed by atoms with Crippen LogP contribution in [0.4, 0.5) is 0 Å². The largest absolute Gasteiger partial charge is 0.392 e. The normalized spacial score (nSPS) is 12.6. The van der Waals surface area contributed by atoms with E-state index in [1.165, 1.54) is 10.5 Å². The summed E-state index contributed by atoms with van der Waals surface area (Å²) in [7, 11) is 0. The summed E-state index contributed by atoms with van der Waals surface area (Å²) in [5, 5.41) is 14.6. The SMILES string of the molecule is CCn1nc(C)cc1CC(O)CSc1ccccc1C. The van der Waals surface area contributed by atoms with Crippen molar-refractivity contribution in [1.82, 2.24) is 9.78 Å². The molecule has 1 heterocycles. The van der Waals surface area contributed by atoms with Crippen LogP contribution < -0.4 is 0 Å². The zero-order valence-corrected chi connectivity index (χ0v) is 13.2. The first-order valence-electron chi connectivity index (χ1n) is 7.00. The second-order valence-electron chi connectivity index (χ2n) is 5.03. The smallest absolute Gasteiger partial charge is 0.0689 e. The number of hydrogen-bond donors (Lipinski definition) is 1. The Morgan fingerprint density at radius 3 is 2.75 bits per heavy atom. The van der Waals surface area contributed by atoms with Gasteiger partial charge in [-0.25, -0.2) is 0 Å². The monoisotopic (exact) mass is 290 g/mol. The second-order valence-corrected chi connectivity index (χ2v) is 6.09. The molecule has 20 heavy (non-hydrogen) atoms. The quantitative estimate of drug-likeness (QED) is 0.830. The molecule has 0 aliphatic carbocycles. The summed E-state index contributed by atoms with van der Waals surface area (Å²) in [6, 6.07) is 10.3. The third kappa shape index (κ3) is 3.87. The molecule has 0 radical (unpaired) electrons. The van der Waals surface area contributed by atoms with Crippen LogP contribution in [0.1, 0.15) is 23.9 Å². The summed E-state index contributed by atoms with van der Waals surface area (Å²) < 4.78 is 1.97. The van der Waals surface area contributed by atoms with Crippen LogP contribution in [-0.4, -0.2) is 26.7 Å². The van der Waals surface area contributed by atoms with Crippen LogP contribution in [0.25, 0.3) is 0 Å². The van der Waals surface area contributed by atoms with Gasteiger partial charge in [0.05, 0.1) is 11.8 Å². The predicted molar refractivity (Wildman–Crippen MR) is 84.3 cm³/mol. The van der Waals surface area contributed by atoms with Gasteiger partial charge in [-0.3, -0.25) is 4.68 Å². The number of thioether (sulfide) groups is 1. The van der Waals surface area contributed by atoms with Crippen LogP contribution in [0.2, 0.25) is 0 Å². The van der Waals surface area contributed by atoms with Gasteiger partial charge in [0.1, 0.15) is 0 Å². The fraction of sp³-hybridized carbons (Fsp3) is 0.438. The van der Waals surface area contributed by atoms with E-state index < -0.39 is 0 Å². The van der Waals surface area contributed by atoms with Crippen molar-refractivity contribution in [2.24, 2.45) is 0 Å². The number of hydrogen-bond acceptors (Lipinski definition) is 3. The molecule has 0 spiro atoms. The Labute approximate surface area is 125 Å². The third-order valence-electron chi connectivity index (χ3n) is 3.25. The van der Waals surface area contributed by atoms with Gasteiger partial charge in [-0.1, -0.05) is 18.2 Å². The minimum Gasteiger partial charge on any atom is -0.392 e. The zero-order valence-electron chi connectivity index (χ0n) is 12.3. The molecule has 1 aromatic heterocycles. The van der Waals surface area contributed by atoms with E-state index in [9.17, 15) is 5.11 Å². The van der Waals surface area contributed by atoms with Crippen LogP contribution >= 0.6 is 11.8 Å². The summed E-state index contributed by atoms with van der Waals surface area (Å²) in [6.45, 7) is 7.01. The number of nitrogens with zero attached hydrogens (tertiary/aromatic N) is 2. The van der Waals surface area contributed by atoms with Gasteiger partial charge < -0.3 is 5.11 Å². The molecule has 2 aromatic rings. The molecular formula is C16H22N2OS. The van der Waals surface area contributed by atoms with E-state index in [0.29, 0.717) is 12.2 Å². The Balaban J connectivity index is 1.92.